The van der Waals surface area contributed by atoms with Gasteiger partial charge in [0.15, 0.2) is 0 Å². The molecule has 0 radical (unpaired) electrons. The van der Waals surface area contributed by atoms with E-state index in [2.05, 4.69) is 35.5 Å². The fourth-order valence-corrected chi connectivity index (χ4v) is 2.72. The Bertz CT molecular complexity index is 399. The van der Waals surface area contributed by atoms with E-state index in [1.807, 2.05) is 0 Å². The Kier molecular flexibility index (Phi) is 3.04. The third kappa shape index (κ3) is 2.45. The quantitative estimate of drug-likeness (QED) is 0.841. The van der Waals surface area contributed by atoms with E-state index in [-0.39, 0.29) is 0 Å². The van der Waals surface area contributed by atoms with E-state index in [1.165, 1.54) is 11.1 Å². The van der Waals surface area contributed by atoms with Gasteiger partial charge in [0.05, 0.1) is 0 Å². The standard InChI is InChI=1S/C14H20N2O/c1-16-9-11-2-3-14(8-12(11)10-16)17-13-4-6-15-7-5-13/h2-3,8,13,15H,4-7,9-10H2,1H3. The first-order chi connectivity index (χ1) is 8.31. The summed E-state index contributed by atoms with van der Waals surface area (Å²) >= 11 is 0. The average Bonchev–Trinajstić information content (AvgIpc) is 2.70. The molecule has 0 aliphatic carbocycles. The van der Waals surface area contributed by atoms with E-state index in [1.54, 1.807) is 0 Å². The van der Waals surface area contributed by atoms with Gasteiger partial charge in [-0.1, -0.05) is 6.07 Å². The molecule has 92 valence electrons. The second-order valence-electron chi connectivity index (χ2n) is 5.17. The Balaban J connectivity index is 1.69. The fraction of sp³-hybridized carbons (Fsp3) is 0.571. The maximum absolute atomic E-state index is 6.06. The van der Waals surface area contributed by atoms with Gasteiger partial charge in [-0.25, -0.2) is 0 Å². The fourth-order valence-electron chi connectivity index (χ4n) is 2.72. The van der Waals surface area contributed by atoms with Gasteiger partial charge in [0, 0.05) is 13.1 Å². The van der Waals surface area contributed by atoms with Crippen LogP contribution in [0.5, 0.6) is 5.75 Å². The molecule has 2 aliphatic rings. The van der Waals surface area contributed by atoms with Crippen LogP contribution in [0.25, 0.3) is 0 Å². The molecule has 17 heavy (non-hydrogen) atoms. The molecule has 1 fully saturated rings. The minimum Gasteiger partial charge on any atom is -0.490 e. The molecule has 0 unspecified atom stereocenters. The Hall–Kier alpha value is -1.06. The lowest BCUT2D eigenvalue weighted by molar-refractivity contribution is 0.162. The van der Waals surface area contributed by atoms with Crippen molar-refractivity contribution in [3.8, 4) is 5.75 Å². The molecule has 0 spiro atoms. The first-order valence-corrected chi connectivity index (χ1v) is 6.49. The molecule has 0 amide bonds. The number of rotatable bonds is 2. The summed E-state index contributed by atoms with van der Waals surface area (Å²) in [4.78, 5) is 2.33. The van der Waals surface area contributed by atoms with Crippen LogP contribution in [0.1, 0.15) is 24.0 Å². The maximum atomic E-state index is 6.06. The number of fused-ring (bicyclic) bond motifs is 1. The molecule has 0 aromatic heterocycles. The number of piperidine rings is 1. The van der Waals surface area contributed by atoms with E-state index >= 15 is 0 Å². The number of hydrogen-bond acceptors (Lipinski definition) is 3. The molecule has 3 nitrogen and oxygen atoms in total. The van der Waals surface area contributed by atoms with E-state index < -0.39 is 0 Å². The molecular weight excluding hydrogens is 212 g/mol. The second-order valence-corrected chi connectivity index (χ2v) is 5.17. The van der Waals surface area contributed by atoms with Gasteiger partial charge >= 0.3 is 0 Å². The molecule has 0 bridgehead atoms. The van der Waals surface area contributed by atoms with Gasteiger partial charge in [0.25, 0.3) is 0 Å². The zero-order valence-corrected chi connectivity index (χ0v) is 10.4. The van der Waals surface area contributed by atoms with Gasteiger partial charge in [-0.05, 0) is 56.2 Å². The molecule has 1 aromatic rings. The van der Waals surface area contributed by atoms with Crippen LogP contribution in [0.3, 0.4) is 0 Å². The van der Waals surface area contributed by atoms with E-state index in [0.717, 1.165) is 44.8 Å². The predicted octanol–water partition coefficient (Wildman–Crippen LogP) is 1.76. The molecule has 0 saturated carbocycles. The van der Waals surface area contributed by atoms with Crippen molar-refractivity contribution in [2.24, 2.45) is 0 Å². The lowest BCUT2D eigenvalue weighted by Crippen LogP contribution is -2.34. The third-order valence-electron chi connectivity index (χ3n) is 3.65. The van der Waals surface area contributed by atoms with Gasteiger partial charge < -0.3 is 10.1 Å². The van der Waals surface area contributed by atoms with Crippen molar-refractivity contribution in [1.82, 2.24) is 10.2 Å². The smallest absolute Gasteiger partial charge is 0.120 e. The maximum Gasteiger partial charge on any atom is 0.120 e. The predicted molar refractivity (Wildman–Crippen MR) is 68.1 cm³/mol. The average molecular weight is 232 g/mol. The number of nitrogens with zero attached hydrogens (tertiary/aromatic N) is 1. The van der Waals surface area contributed by atoms with Gasteiger partial charge in [0.1, 0.15) is 11.9 Å². The second kappa shape index (κ2) is 4.67. The number of nitrogens with one attached hydrogen (secondary N) is 1. The molecule has 2 heterocycles. The van der Waals surface area contributed by atoms with Crippen LogP contribution >= 0.6 is 0 Å². The minimum absolute atomic E-state index is 0.397. The number of hydrogen-bond donors (Lipinski definition) is 1. The SMILES string of the molecule is CN1Cc2ccc(OC3CCNCC3)cc2C1. The summed E-state index contributed by atoms with van der Waals surface area (Å²) < 4.78 is 6.06. The van der Waals surface area contributed by atoms with Crippen LogP contribution in [0.2, 0.25) is 0 Å². The minimum atomic E-state index is 0.397. The Morgan fingerprint density at radius 2 is 1.94 bits per heavy atom. The van der Waals surface area contributed by atoms with Gasteiger partial charge in [-0.3, -0.25) is 4.90 Å². The summed E-state index contributed by atoms with van der Waals surface area (Å²) in [5.74, 6) is 1.05. The monoisotopic (exact) mass is 232 g/mol. The number of benzene rings is 1. The molecule has 2 aliphatic heterocycles. The molecule has 3 rings (SSSR count). The number of ether oxygens (including phenoxy) is 1. The normalized spacial score (nSPS) is 21.5. The summed E-state index contributed by atoms with van der Waals surface area (Å²) in [6.45, 7) is 4.29. The summed E-state index contributed by atoms with van der Waals surface area (Å²) in [7, 11) is 2.16. The van der Waals surface area contributed by atoms with E-state index in [4.69, 9.17) is 4.74 Å². The molecule has 1 N–H and O–H groups in total. The van der Waals surface area contributed by atoms with Crippen molar-refractivity contribution in [3.63, 3.8) is 0 Å². The zero-order valence-electron chi connectivity index (χ0n) is 10.4. The van der Waals surface area contributed by atoms with Crippen LogP contribution in [0.4, 0.5) is 0 Å². The summed E-state index contributed by atoms with van der Waals surface area (Å²) in [6, 6.07) is 6.57. The van der Waals surface area contributed by atoms with Crippen LogP contribution in [-0.4, -0.2) is 31.1 Å². The lowest BCUT2D eigenvalue weighted by Gasteiger charge is -2.24. The van der Waals surface area contributed by atoms with Crippen LogP contribution < -0.4 is 10.1 Å². The molecule has 0 atom stereocenters. The largest absolute Gasteiger partial charge is 0.490 e. The topological polar surface area (TPSA) is 24.5 Å². The van der Waals surface area contributed by atoms with Crippen molar-refractivity contribution in [2.45, 2.75) is 32.0 Å². The highest BCUT2D eigenvalue weighted by atomic mass is 16.5. The van der Waals surface area contributed by atoms with Gasteiger partial charge in [0.2, 0.25) is 0 Å². The Labute approximate surface area is 103 Å². The van der Waals surface area contributed by atoms with Crippen LogP contribution in [-0.2, 0) is 13.1 Å². The molecule has 3 heteroatoms. The highest BCUT2D eigenvalue weighted by Gasteiger charge is 2.18. The highest BCUT2D eigenvalue weighted by molar-refractivity contribution is 5.37. The van der Waals surface area contributed by atoms with Crippen molar-refractivity contribution >= 4 is 0 Å². The van der Waals surface area contributed by atoms with E-state index in [0.29, 0.717) is 6.10 Å². The molecule has 1 saturated heterocycles. The summed E-state index contributed by atoms with van der Waals surface area (Å²) in [6.07, 6.45) is 2.64. The molecular formula is C14H20N2O. The third-order valence-corrected chi connectivity index (χ3v) is 3.65. The zero-order chi connectivity index (χ0) is 11.7. The Morgan fingerprint density at radius 1 is 1.18 bits per heavy atom. The van der Waals surface area contributed by atoms with Crippen molar-refractivity contribution < 1.29 is 4.74 Å². The van der Waals surface area contributed by atoms with Crippen LogP contribution in [0.15, 0.2) is 18.2 Å². The van der Waals surface area contributed by atoms with E-state index in [9.17, 15) is 0 Å². The Morgan fingerprint density at radius 3 is 2.76 bits per heavy atom. The van der Waals surface area contributed by atoms with Crippen molar-refractivity contribution in [1.29, 1.82) is 0 Å². The van der Waals surface area contributed by atoms with Crippen molar-refractivity contribution in [3.05, 3.63) is 29.3 Å². The first-order valence-electron chi connectivity index (χ1n) is 6.49. The van der Waals surface area contributed by atoms with Gasteiger partial charge in [-0.2, -0.15) is 0 Å². The summed E-state index contributed by atoms with van der Waals surface area (Å²) in [5.41, 5.74) is 2.88. The lowest BCUT2D eigenvalue weighted by atomic mass is 10.1. The van der Waals surface area contributed by atoms with Crippen LogP contribution in [0, 0.1) is 0 Å². The van der Waals surface area contributed by atoms with Gasteiger partial charge in [-0.15, -0.1) is 0 Å². The highest BCUT2D eigenvalue weighted by Crippen LogP contribution is 2.26. The molecule has 1 aromatic carbocycles. The summed E-state index contributed by atoms with van der Waals surface area (Å²) in [5, 5.41) is 3.36. The van der Waals surface area contributed by atoms with Crippen molar-refractivity contribution in [2.75, 3.05) is 20.1 Å². The first kappa shape index (κ1) is 11.1.